The molecule has 6 nitrogen and oxygen atoms in total. The summed E-state index contributed by atoms with van der Waals surface area (Å²) in [5.41, 5.74) is -0.621. The number of pyridine rings is 1. The molecule has 0 saturated heterocycles. The zero-order chi connectivity index (χ0) is 12.4. The van der Waals surface area contributed by atoms with Crippen LogP contribution in [0.25, 0.3) is 5.65 Å². The highest BCUT2D eigenvalue weighted by molar-refractivity contribution is 5.88. The molecule has 0 bridgehead atoms. The van der Waals surface area contributed by atoms with E-state index in [0.29, 0.717) is 0 Å². The van der Waals surface area contributed by atoms with Gasteiger partial charge >= 0.3 is 5.97 Å². The van der Waals surface area contributed by atoms with E-state index in [0.717, 1.165) is 10.6 Å². The summed E-state index contributed by atoms with van der Waals surface area (Å²) in [5.74, 6) is -0.845. The first-order chi connectivity index (χ1) is 8.15. The molecule has 17 heavy (non-hydrogen) atoms. The van der Waals surface area contributed by atoms with Crippen molar-refractivity contribution < 1.29 is 14.6 Å². The number of carbonyl (C=O) groups is 1. The molecule has 2 aromatic heterocycles. The first-order valence-electron chi connectivity index (χ1n) is 5.01. The Balaban J connectivity index is 2.67. The minimum Gasteiger partial charge on any atom is -0.504 e. The van der Waals surface area contributed by atoms with E-state index in [2.05, 4.69) is 4.98 Å². The molecule has 1 N–H and O–H groups in total. The molecule has 0 unspecified atom stereocenters. The van der Waals surface area contributed by atoms with Crippen LogP contribution < -0.4 is 5.56 Å². The number of esters is 1. The van der Waals surface area contributed by atoms with Gasteiger partial charge < -0.3 is 9.84 Å². The van der Waals surface area contributed by atoms with Gasteiger partial charge in [-0.05, 0) is 19.1 Å². The van der Waals surface area contributed by atoms with Crippen molar-refractivity contribution in [1.29, 1.82) is 0 Å². The fourth-order valence-electron chi connectivity index (χ4n) is 1.44. The molecule has 2 heterocycles. The molecule has 0 spiro atoms. The van der Waals surface area contributed by atoms with E-state index in [-0.39, 0.29) is 23.6 Å². The molecule has 0 aliphatic heterocycles. The molecule has 0 atom stereocenters. The third-order valence-corrected chi connectivity index (χ3v) is 2.21. The Labute approximate surface area is 96.1 Å². The second-order valence-electron chi connectivity index (χ2n) is 3.28. The van der Waals surface area contributed by atoms with Gasteiger partial charge in [-0.25, -0.2) is 9.78 Å². The maximum absolute atomic E-state index is 11.9. The van der Waals surface area contributed by atoms with Crippen LogP contribution >= 0.6 is 0 Å². The van der Waals surface area contributed by atoms with Crippen molar-refractivity contribution in [3.8, 4) is 5.75 Å². The smallest absolute Gasteiger partial charge is 0.345 e. The van der Waals surface area contributed by atoms with E-state index in [1.54, 1.807) is 6.92 Å². The number of fused-ring (bicyclic) bond motifs is 1. The number of hydrogen-bond acceptors (Lipinski definition) is 5. The Kier molecular flexibility index (Phi) is 2.78. The third kappa shape index (κ3) is 1.84. The summed E-state index contributed by atoms with van der Waals surface area (Å²) in [4.78, 5) is 27.2. The minimum absolute atomic E-state index is 0.102. The molecule has 2 aromatic rings. The Morgan fingerprint density at radius 3 is 3.06 bits per heavy atom. The van der Waals surface area contributed by atoms with Crippen LogP contribution in [0.2, 0.25) is 0 Å². The van der Waals surface area contributed by atoms with E-state index < -0.39 is 11.5 Å². The predicted molar refractivity (Wildman–Crippen MR) is 59.1 cm³/mol. The van der Waals surface area contributed by atoms with Crippen molar-refractivity contribution in [2.45, 2.75) is 6.92 Å². The van der Waals surface area contributed by atoms with Crippen LogP contribution in [0.4, 0.5) is 0 Å². The van der Waals surface area contributed by atoms with Gasteiger partial charge in [-0.3, -0.25) is 9.20 Å². The number of nitrogens with zero attached hydrogens (tertiary/aromatic N) is 2. The fourth-order valence-corrected chi connectivity index (χ4v) is 1.44. The number of rotatable bonds is 2. The molecule has 2 rings (SSSR count). The maximum Gasteiger partial charge on any atom is 0.345 e. The SMILES string of the molecule is CCOC(=O)c1cnc2c(O)cccn2c1=O. The lowest BCUT2D eigenvalue weighted by Gasteiger charge is -2.04. The molecule has 0 aliphatic carbocycles. The highest BCUT2D eigenvalue weighted by atomic mass is 16.5. The molecule has 0 amide bonds. The van der Waals surface area contributed by atoms with Crippen LogP contribution in [0.15, 0.2) is 29.3 Å². The van der Waals surface area contributed by atoms with E-state index in [9.17, 15) is 14.7 Å². The first kappa shape index (κ1) is 11.1. The summed E-state index contributed by atoms with van der Waals surface area (Å²) in [7, 11) is 0. The van der Waals surface area contributed by atoms with Crippen LogP contribution in [-0.4, -0.2) is 27.1 Å². The highest BCUT2D eigenvalue weighted by Crippen LogP contribution is 2.13. The first-order valence-corrected chi connectivity index (χ1v) is 5.01. The summed E-state index contributed by atoms with van der Waals surface area (Å²) in [5, 5.41) is 9.49. The van der Waals surface area contributed by atoms with Crippen molar-refractivity contribution in [3.63, 3.8) is 0 Å². The number of hydrogen-bond donors (Lipinski definition) is 1. The highest BCUT2D eigenvalue weighted by Gasteiger charge is 2.14. The van der Waals surface area contributed by atoms with Gasteiger partial charge in [0, 0.05) is 12.4 Å². The second-order valence-corrected chi connectivity index (χ2v) is 3.28. The Morgan fingerprint density at radius 2 is 2.35 bits per heavy atom. The molecular weight excluding hydrogens is 224 g/mol. The maximum atomic E-state index is 11.9. The van der Waals surface area contributed by atoms with Crippen LogP contribution in [0.3, 0.4) is 0 Å². The van der Waals surface area contributed by atoms with Crippen LogP contribution in [0.5, 0.6) is 5.75 Å². The quantitative estimate of drug-likeness (QED) is 0.768. The van der Waals surface area contributed by atoms with Gasteiger partial charge in [0.05, 0.1) is 6.61 Å². The monoisotopic (exact) mass is 234 g/mol. The van der Waals surface area contributed by atoms with Gasteiger partial charge in [0.2, 0.25) is 0 Å². The summed E-state index contributed by atoms with van der Waals surface area (Å²) in [6.07, 6.45) is 2.53. The van der Waals surface area contributed by atoms with E-state index in [4.69, 9.17) is 4.74 Å². The lowest BCUT2D eigenvalue weighted by atomic mass is 10.3. The van der Waals surface area contributed by atoms with Crippen LogP contribution in [-0.2, 0) is 4.74 Å². The van der Waals surface area contributed by atoms with Gasteiger partial charge in [0.1, 0.15) is 5.56 Å². The standard InChI is InChI=1S/C11H10N2O4/c1-2-17-11(16)7-6-12-9-8(14)4-3-5-13(9)10(7)15/h3-6,14H,2H2,1H3. The third-order valence-electron chi connectivity index (χ3n) is 2.21. The Hall–Kier alpha value is -2.37. The molecular formula is C11H10N2O4. The number of aromatic nitrogens is 2. The van der Waals surface area contributed by atoms with Gasteiger partial charge in [-0.1, -0.05) is 0 Å². The molecule has 0 aromatic carbocycles. The van der Waals surface area contributed by atoms with Gasteiger partial charge in [-0.2, -0.15) is 0 Å². The lowest BCUT2D eigenvalue weighted by Crippen LogP contribution is -2.24. The topological polar surface area (TPSA) is 80.9 Å². The minimum atomic E-state index is -0.720. The summed E-state index contributed by atoms with van der Waals surface area (Å²) in [6, 6.07) is 2.89. The molecule has 0 radical (unpaired) electrons. The Morgan fingerprint density at radius 1 is 1.59 bits per heavy atom. The van der Waals surface area contributed by atoms with Crippen molar-refractivity contribution in [2.75, 3.05) is 6.61 Å². The van der Waals surface area contributed by atoms with E-state index in [1.165, 1.54) is 18.3 Å². The fraction of sp³-hybridized carbons (Fsp3) is 0.182. The average Bonchev–Trinajstić information content (AvgIpc) is 2.31. The Bertz CT molecular complexity index is 633. The summed E-state index contributed by atoms with van der Waals surface area (Å²) >= 11 is 0. The zero-order valence-corrected chi connectivity index (χ0v) is 9.08. The predicted octanol–water partition coefficient (Wildman–Crippen LogP) is 0.577. The van der Waals surface area contributed by atoms with Crippen molar-refractivity contribution in [3.05, 3.63) is 40.4 Å². The van der Waals surface area contributed by atoms with Gasteiger partial charge in [0.25, 0.3) is 5.56 Å². The molecule has 0 fully saturated rings. The van der Waals surface area contributed by atoms with E-state index >= 15 is 0 Å². The van der Waals surface area contributed by atoms with E-state index in [1.807, 2.05) is 0 Å². The van der Waals surface area contributed by atoms with Gasteiger partial charge in [0.15, 0.2) is 11.4 Å². The average molecular weight is 234 g/mol. The molecule has 0 saturated carbocycles. The molecule has 0 aliphatic rings. The van der Waals surface area contributed by atoms with Crippen molar-refractivity contribution in [2.24, 2.45) is 0 Å². The largest absolute Gasteiger partial charge is 0.504 e. The normalized spacial score (nSPS) is 10.4. The van der Waals surface area contributed by atoms with Crippen molar-refractivity contribution in [1.82, 2.24) is 9.38 Å². The van der Waals surface area contributed by atoms with Crippen LogP contribution in [0.1, 0.15) is 17.3 Å². The van der Waals surface area contributed by atoms with Crippen molar-refractivity contribution >= 4 is 11.6 Å². The van der Waals surface area contributed by atoms with Crippen LogP contribution in [0, 0.1) is 0 Å². The molecule has 6 heteroatoms. The molecule has 88 valence electrons. The summed E-state index contributed by atoms with van der Waals surface area (Å²) < 4.78 is 5.83. The van der Waals surface area contributed by atoms with Gasteiger partial charge in [-0.15, -0.1) is 0 Å². The zero-order valence-electron chi connectivity index (χ0n) is 9.08. The summed E-state index contributed by atoms with van der Waals surface area (Å²) in [6.45, 7) is 1.83. The number of aromatic hydroxyl groups is 1. The number of ether oxygens (including phenoxy) is 1. The number of carbonyl (C=O) groups excluding carboxylic acids is 1. The second kappa shape index (κ2) is 4.25. The lowest BCUT2D eigenvalue weighted by molar-refractivity contribution is 0.0523.